The molecule has 0 unspecified atom stereocenters. The van der Waals surface area contributed by atoms with Gasteiger partial charge < -0.3 is 15.0 Å². The van der Waals surface area contributed by atoms with Crippen molar-refractivity contribution < 1.29 is 19.1 Å². The van der Waals surface area contributed by atoms with Gasteiger partial charge in [-0.3, -0.25) is 9.59 Å². The maximum Gasteiger partial charge on any atom is 0.329 e. The zero-order valence-electron chi connectivity index (χ0n) is 15.3. The molecule has 6 nitrogen and oxygen atoms in total. The maximum atomic E-state index is 12.6. The van der Waals surface area contributed by atoms with E-state index in [2.05, 4.69) is 5.32 Å². The topological polar surface area (TPSA) is 75.7 Å². The number of hydrogen-bond donors (Lipinski definition) is 1. The van der Waals surface area contributed by atoms with E-state index in [0.717, 1.165) is 12.0 Å². The van der Waals surface area contributed by atoms with Crippen molar-refractivity contribution in [3.8, 4) is 0 Å². The van der Waals surface area contributed by atoms with Gasteiger partial charge in [0.05, 0.1) is 4.88 Å². The molecule has 2 amide bonds. The molecule has 27 heavy (non-hydrogen) atoms. The van der Waals surface area contributed by atoms with E-state index in [1.807, 2.05) is 24.4 Å². The molecule has 1 N–H and O–H groups in total. The van der Waals surface area contributed by atoms with Crippen molar-refractivity contribution >= 4 is 34.8 Å². The Bertz CT molecular complexity index is 817. The Morgan fingerprint density at radius 1 is 1.22 bits per heavy atom. The van der Waals surface area contributed by atoms with E-state index < -0.39 is 24.0 Å². The molecule has 0 aliphatic carbocycles. The summed E-state index contributed by atoms with van der Waals surface area (Å²) in [5.41, 5.74) is 1.73. The molecule has 1 aromatic heterocycles. The molecule has 1 saturated heterocycles. The number of carbonyl (C=O) groups is 3. The van der Waals surface area contributed by atoms with Gasteiger partial charge >= 0.3 is 5.97 Å². The molecule has 0 bridgehead atoms. The van der Waals surface area contributed by atoms with E-state index in [0.29, 0.717) is 23.5 Å². The molecule has 1 aliphatic rings. The summed E-state index contributed by atoms with van der Waals surface area (Å²) in [7, 11) is 0. The second kappa shape index (κ2) is 8.35. The highest BCUT2D eigenvalue weighted by Gasteiger charge is 2.37. The lowest BCUT2D eigenvalue weighted by Gasteiger charge is -2.24. The van der Waals surface area contributed by atoms with Crippen LogP contribution in [0.5, 0.6) is 0 Å². The highest BCUT2D eigenvalue weighted by molar-refractivity contribution is 7.12. The Morgan fingerprint density at radius 3 is 2.63 bits per heavy atom. The number of likely N-dealkylation sites (tertiary alicyclic amines) is 1. The smallest absolute Gasteiger partial charge is 0.329 e. The molecule has 0 spiro atoms. The van der Waals surface area contributed by atoms with Crippen molar-refractivity contribution in [2.75, 3.05) is 11.9 Å². The highest BCUT2D eigenvalue weighted by Crippen LogP contribution is 2.23. The molecular weight excluding hydrogens is 364 g/mol. The van der Waals surface area contributed by atoms with Crippen LogP contribution in [0.3, 0.4) is 0 Å². The highest BCUT2D eigenvalue weighted by atomic mass is 32.1. The molecule has 1 fully saturated rings. The normalized spacial score (nSPS) is 17.4. The fourth-order valence-electron chi connectivity index (χ4n) is 2.98. The standard InChI is InChI=1S/C20H22N2O4S/c1-13-7-9-15(10-8-13)21-18(23)14(2)26-20(25)16-5-3-11-22(16)19(24)17-6-4-12-27-17/h4,6-10,12,14,16H,3,5,11H2,1-2H3,(H,21,23)/t14-,16+/m1/s1. The molecule has 1 aliphatic heterocycles. The van der Waals surface area contributed by atoms with Crippen LogP contribution in [0.1, 0.15) is 35.0 Å². The summed E-state index contributed by atoms with van der Waals surface area (Å²) in [6.07, 6.45) is 0.335. The lowest BCUT2D eigenvalue weighted by Crippen LogP contribution is -2.43. The number of esters is 1. The van der Waals surface area contributed by atoms with Crippen molar-refractivity contribution in [2.24, 2.45) is 0 Å². The van der Waals surface area contributed by atoms with Crippen LogP contribution in [0.2, 0.25) is 0 Å². The summed E-state index contributed by atoms with van der Waals surface area (Å²) in [6.45, 7) is 4.00. The Morgan fingerprint density at radius 2 is 1.96 bits per heavy atom. The van der Waals surface area contributed by atoms with Crippen LogP contribution >= 0.6 is 11.3 Å². The number of rotatable bonds is 5. The number of nitrogens with one attached hydrogen (secondary N) is 1. The average Bonchev–Trinajstić information content (AvgIpc) is 3.34. The monoisotopic (exact) mass is 386 g/mol. The predicted molar refractivity (Wildman–Crippen MR) is 104 cm³/mol. The minimum Gasteiger partial charge on any atom is -0.451 e. The van der Waals surface area contributed by atoms with E-state index >= 15 is 0 Å². The molecule has 0 saturated carbocycles. The molecule has 2 aromatic rings. The van der Waals surface area contributed by atoms with E-state index in [1.165, 1.54) is 18.3 Å². The van der Waals surface area contributed by atoms with E-state index in [-0.39, 0.29) is 5.91 Å². The minimum atomic E-state index is -0.946. The fraction of sp³-hybridized carbons (Fsp3) is 0.350. The Labute approximate surface area is 162 Å². The van der Waals surface area contributed by atoms with E-state index in [9.17, 15) is 14.4 Å². The second-order valence-corrected chi connectivity index (χ2v) is 7.52. The van der Waals surface area contributed by atoms with Gasteiger partial charge in [0.1, 0.15) is 6.04 Å². The molecule has 0 radical (unpaired) electrons. The maximum absolute atomic E-state index is 12.6. The second-order valence-electron chi connectivity index (χ2n) is 6.57. The van der Waals surface area contributed by atoms with Crippen LogP contribution in [0.25, 0.3) is 0 Å². The lowest BCUT2D eigenvalue weighted by atomic mass is 10.2. The number of nitrogens with zero attached hydrogens (tertiary/aromatic N) is 1. The number of hydrogen-bond acceptors (Lipinski definition) is 5. The molecule has 7 heteroatoms. The third-order valence-corrected chi connectivity index (χ3v) is 5.36. The average molecular weight is 386 g/mol. The predicted octanol–water partition coefficient (Wildman–Crippen LogP) is 3.23. The van der Waals surface area contributed by atoms with Crippen LogP contribution in [0.4, 0.5) is 5.69 Å². The summed E-state index contributed by atoms with van der Waals surface area (Å²) >= 11 is 1.35. The van der Waals surface area contributed by atoms with E-state index in [1.54, 1.807) is 29.2 Å². The van der Waals surface area contributed by atoms with Crippen LogP contribution in [0.15, 0.2) is 41.8 Å². The molecular formula is C20H22N2O4S. The molecule has 3 rings (SSSR count). The Balaban J connectivity index is 1.59. The molecule has 2 heterocycles. The van der Waals surface area contributed by atoms with Crippen molar-refractivity contribution in [2.45, 2.75) is 38.8 Å². The molecule has 142 valence electrons. The molecule has 2 atom stereocenters. The SMILES string of the molecule is Cc1ccc(NC(=O)[C@@H](C)OC(=O)[C@@H]2CCCN2C(=O)c2cccs2)cc1. The van der Waals surface area contributed by atoms with Gasteiger partial charge in [0.15, 0.2) is 6.10 Å². The van der Waals surface area contributed by atoms with Crippen LogP contribution < -0.4 is 5.32 Å². The van der Waals surface area contributed by atoms with Gasteiger partial charge in [-0.05, 0) is 50.3 Å². The third kappa shape index (κ3) is 4.54. The Kier molecular flexibility index (Phi) is 5.91. The number of aryl methyl sites for hydroxylation is 1. The largest absolute Gasteiger partial charge is 0.451 e. The van der Waals surface area contributed by atoms with Crippen LogP contribution in [-0.2, 0) is 14.3 Å². The van der Waals surface area contributed by atoms with Gasteiger partial charge in [-0.15, -0.1) is 11.3 Å². The first-order valence-electron chi connectivity index (χ1n) is 8.88. The number of benzene rings is 1. The van der Waals surface area contributed by atoms with Crippen molar-refractivity contribution in [1.82, 2.24) is 4.90 Å². The summed E-state index contributed by atoms with van der Waals surface area (Å²) in [5, 5.41) is 4.55. The zero-order valence-corrected chi connectivity index (χ0v) is 16.1. The number of ether oxygens (including phenoxy) is 1. The number of thiophene rings is 1. The van der Waals surface area contributed by atoms with Gasteiger partial charge in [-0.2, -0.15) is 0 Å². The zero-order chi connectivity index (χ0) is 19.4. The van der Waals surface area contributed by atoms with Gasteiger partial charge in [-0.25, -0.2) is 4.79 Å². The first-order valence-corrected chi connectivity index (χ1v) is 9.76. The summed E-state index contributed by atoms with van der Waals surface area (Å²) in [5.74, 6) is -1.11. The first kappa shape index (κ1) is 19.1. The van der Waals surface area contributed by atoms with Crippen molar-refractivity contribution in [3.05, 3.63) is 52.2 Å². The van der Waals surface area contributed by atoms with Crippen LogP contribution in [0, 0.1) is 6.92 Å². The number of anilines is 1. The molecule has 1 aromatic carbocycles. The van der Waals surface area contributed by atoms with Gasteiger partial charge in [0, 0.05) is 12.2 Å². The van der Waals surface area contributed by atoms with Gasteiger partial charge in [0.25, 0.3) is 11.8 Å². The van der Waals surface area contributed by atoms with Crippen molar-refractivity contribution in [1.29, 1.82) is 0 Å². The Hall–Kier alpha value is -2.67. The quantitative estimate of drug-likeness (QED) is 0.801. The number of carbonyl (C=O) groups excluding carboxylic acids is 3. The summed E-state index contributed by atoms with van der Waals surface area (Å²) in [6, 6.07) is 10.3. The lowest BCUT2D eigenvalue weighted by molar-refractivity contribution is -0.156. The summed E-state index contributed by atoms with van der Waals surface area (Å²) < 4.78 is 5.35. The van der Waals surface area contributed by atoms with Crippen molar-refractivity contribution in [3.63, 3.8) is 0 Å². The minimum absolute atomic E-state index is 0.166. The fourth-order valence-corrected chi connectivity index (χ4v) is 3.66. The van der Waals surface area contributed by atoms with Gasteiger partial charge in [-0.1, -0.05) is 23.8 Å². The van der Waals surface area contributed by atoms with Crippen LogP contribution in [-0.4, -0.2) is 41.4 Å². The first-order chi connectivity index (χ1) is 13.0. The number of amides is 2. The summed E-state index contributed by atoms with van der Waals surface area (Å²) in [4.78, 5) is 39.5. The third-order valence-electron chi connectivity index (χ3n) is 4.50. The van der Waals surface area contributed by atoms with Gasteiger partial charge in [0.2, 0.25) is 0 Å². The van der Waals surface area contributed by atoms with E-state index in [4.69, 9.17) is 4.74 Å².